The molecule has 0 radical (unpaired) electrons. The number of nitrogens with zero attached hydrogens (tertiary/aromatic N) is 3. The molecule has 1 heterocycles. The second kappa shape index (κ2) is 5.74. The summed E-state index contributed by atoms with van der Waals surface area (Å²) in [6.45, 7) is 4.34. The maximum absolute atomic E-state index is 13.3. The number of nitrogens with one attached hydrogen (secondary N) is 1. The summed E-state index contributed by atoms with van der Waals surface area (Å²) in [6.07, 6.45) is 0. The SMILES string of the molecule is CC(C)NCc1noc(-c2cc(F)cc([N+](=O)[O-])c2)n1. The minimum absolute atomic E-state index is 0.0492. The number of rotatable bonds is 5. The van der Waals surface area contributed by atoms with Gasteiger partial charge in [0.1, 0.15) is 5.82 Å². The standard InChI is InChI=1S/C12H13FN4O3/c1-7(2)14-6-11-15-12(20-16-11)8-3-9(13)5-10(4-8)17(18)19/h3-5,7,14H,6H2,1-2H3. The van der Waals surface area contributed by atoms with E-state index in [1.165, 1.54) is 6.07 Å². The molecule has 0 atom stereocenters. The molecule has 0 aliphatic rings. The number of halogens is 1. The molecule has 8 heteroatoms. The van der Waals surface area contributed by atoms with E-state index in [0.717, 1.165) is 12.1 Å². The summed E-state index contributed by atoms with van der Waals surface area (Å²) < 4.78 is 18.3. The van der Waals surface area contributed by atoms with Crippen molar-refractivity contribution >= 4 is 5.69 Å². The Labute approximate surface area is 114 Å². The highest BCUT2D eigenvalue weighted by Crippen LogP contribution is 2.24. The van der Waals surface area contributed by atoms with Crippen molar-refractivity contribution in [2.45, 2.75) is 26.4 Å². The highest BCUT2D eigenvalue weighted by molar-refractivity contribution is 5.57. The number of nitro groups is 1. The van der Waals surface area contributed by atoms with Crippen molar-refractivity contribution < 1.29 is 13.8 Å². The molecule has 2 rings (SSSR count). The molecule has 0 spiro atoms. The van der Waals surface area contributed by atoms with Gasteiger partial charge in [0.2, 0.25) is 0 Å². The normalized spacial score (nSPS) is 11.0. The van der Waals surface area contributed by atoms with Crippen LogP contribution in [0.2, 0.25) is 0 Å². The van der Waals surface area contributed by atoms with E-state index in [1.54, 1.807) is 0 Å². The van der Waals surface area contributed by atoms with Crippen LogP contribution in [0.4, 0.5) is 10.1 Å². The molecule has 0 aliphatic carbocycles. The van der Waals surface area contributed by atoms with Crippen LogP contribution in [0.15, 0.2) is 22.7 Å². The van der Waals surface area contributed by atoms with Crippen molar-refractivity contribution in [3.63, 3.8) is 0 Å². The lowest BCUT2D eigenvalue weighted by Crippen LogP contribution is -2.22. The fourth-order valence-corrected chi connectivity index (χ4v) is 1.54. The molecule has 1 N–H and O–H groups in total. The van der Waals surface area contributed by atoms with Crippen molar-refractivity contribution in [2.24, 2.45) is 0 Å². The molecule has 0 bridgehead atoms. The van der Waals surface area contributed by atoms with Gasteiger partial charge >= 0.3 is 0 Å². The number of hydrogen-bond donors (Lipinski definition) is 1. The second-order valence-electron chi connectivity index (χ2n) is 4.51. The van der Waals surface area contributed by atoms with Gasteiger partial charge in [-0.1, -0.05) is 19.0 Å². The minimum Gasteiger partial charge on any atom is -0.334 e. The van der Waals surface area contributed by atoms with Gasteiger partial charge in [-0.05, 0) is 6.07 Å². The Kier molecular flexibility index (Phi) is 4.04. The van der Waals surface area contributed by atoms with Crippen LogP contribution in [0.3, 0.4) is 0 Å². The van der Waals surface area contributed by atoms with E-state index in [2.05, 4.69) is 15.5 Å². The molecule has 1 aromatic heterocycles. The fourth-order valence-electron chi connectivity index (χ4n) is 1.54. The van der Waals surface area contributed by atoms with Gasteiger partial charge in [-0.25, -0.2) is 4.39 Å². The summed E-state index contributed by atoms with van der Waals surface area (Å²) in [4.78, 5) is 14.1. The predicted molar refractivity (Wildman–Crippen MR) is 68.3 cm³/mol. The van der Waals surface area contributed by atoms with E-state index in [-0.39, 0.29) is 23.2 Å². The molecule has 106 valence electrons. The third kappa shape index (κ3) is 3.35. The first-order valence-electron chi connectivity index (χ1n) is 5.97. The molecule has 1 aromatic carbocycles. The largest absolute Gasteiger partial charge is 0.334 e. The third-order valence-corrected chi connectivity index (χ3v) is 2.48. The van der Waals surface area contributed by atoms with Gasteiger partial charge < -0.3 is 9.84 Å². The lowest BCUT2D eigenvalue weighted by molar-refractivity contribution is -0.385. The Morgan fingerprint density at radius 1 is 1.45 bits per heavy atom. The van der Waals surface area contributed by atoms with Gasteiger partial charge in [-0.3, -0.25) is 10.1 Å². The number of hydrogen-bond acceptors (Lipinski definition) is 6. The number of nitro benzene ring substituents is 1. The van der Waals surface area contributed by atoms with Crippen LogP contribution in [0.25, 0.3) is 11.5 Å². The quantitative estimate of drug-likeness (QED) is 0.667. The van der Waals surface area contributed by atoms with Crippen LogP contribution in [0, 0.1) is 15.9 Å². The van der Waals surface area contributed by atoms with Gasteiger partial charge in [-0.15, -0.1) is 0 Å². The zero-order valence-electron chi connectivity index (χ0n) is 11.0. The van der Waals surface area contributed by atoms with Crippen molar-refractivity contribution in [1.82, 2.24) is 15.5 Å². The fraction of sp³-hybridized carbons (Fsp3) is 0.333. The van der Waals surface area contributed by atoms with Crippen LogP contribution in [0.1, 0.15) is 19.7 Å². The minimum atomic E-state index is -0.728. The molecule has 2 aromatic rings. The first kappa shape index (κ1) is 14.1. The molecule has 7 nitrogen and oxygen atoms in total. The van der Waals surface area contributed by atoms with E-state index in [9.17, 15) is 14.5 Å². The third-order valence-electron chi connectivity index (χ3n) is 2.48. The van der Waals surface area contributed by atoms with Crippen LogP contribution in [-0.4, -0.2) is 21.1 Å². The number of non-ortho nitro benzene ring substituents is 1. The van der Waals surface area contributed by atoms with Crippen LogP contribution >= 0.6 is 0 Å². The summed E-state index contributed by atoms with van der Waals surface area (Å²) >= 11 is 0. The molecule has 0 saturated heterocycles. The lowest BCUT2D eigenvalue weighted by Gasteiger charge is -2.03. The van der Waals surface area contributed by atoms with Crippen LogP contribution in [-0.2, 0) is 6.54 Å². The van der Waals surface area contributed by atoms with Gasteiger partial charge in [-0.2, -0.15) is 4.98 Å². The van der Waals surface area contributed by atoms with Gasteiger partial charge in [0.15, 0.2) is 5.82 Å². The summed E-state index contributed by atoms with van der Waals surface area (Å²) in [6, 6.07) is 3.39. The molecule has 0 unspecified atom stereocenters. The summed E-state index contributed by atoms with van der Waals surface area (Å²) in [5.74, 6) is -0.275. The van der Waals surface area contributed by atoms with Crippen LogP contribution < -0.4 is 5.32 Å². The Morgan fingerprint density at radius 2 is 2.20 bits per heavy atom. The first-order valence-corrected chi connectivity index (χ1v) is 5.97. The molecule has 20 heavy (non-hydrogen) atoms. The Morgan fingerprint density at radius 3 is 2.85 bits per heavy atom. The Hall–Kier alpha value is -2.35. The Bertz CT molecular complexity index is 627. The first-order chi connectivity index (χ1) is 9.45. The van der Waals surface area contributed by atoms with Gasteiger partial charge in [0.25, 0.3) is 11.6 Å². The number of benzene rings is 1. The van der Waals surface area contributed by atoms with E-state index in [1.807, 2.05) is 13.8 Å². The van der Waals surface area contributed by atoms with Crippen molar-refractivity contribution in [3.8, 4) is 11.5 Å². The van der Waals surface area contributed by atoms with Gasteiger partial charge in [0.05, 0.1) is 17.5 Å². The zero-order valence-corrected chi connectivity index (χ0v) is 11.0. The van der Waals surface area contributed by atoms with E-state index in [0.29, 0.717) is 12.4 Å². The maximum Gasteiger partial charge on any atom is 0.273 e. The van der Waals surface area contributed by atoms with Gasteiger partial charge in [0, 0.05) is 17.7 Å². The summed E-state index contributed by atoms with van der Waals surface area (Å²) in [5.41, 5.74) is -0.181. The van der Waals surface area contributed by atoms with E-state index < -0.39 is 10.7 Å². The summed E-state index contributed by atoms with van der Waals surface area (Å²) in [7, 11) is 0. The van der Waals surface area contributed by atoms with Crippen molar-refractivity contribution in [2.75, 3.05) is 0 Å². The van der Waals surface area contributed by atoms with Crippen molar-refractivity contribution in [3.05, 3.63) is 40.0 Å². The molecular weight excluding hydrogens is 267 g/mol. The lowest BCUT2D eigenvalue weighted by atomic mass is 10.2. The van der Waals surface area contributed by atoms with E-state index in [4.69, 9.17) is 4.52 Å². The average molecular weight is 280 g/mol. The molecule has 0 amide bonds. The molecule has 0 saturated carbocycles. The average Bonchev–Trinajstić information content (AvgIpc) is 2.84. The topological polar surface area (TPSA) is 94.1 Å². The molecule has 0 fully saturated rings. The van der Waals surface area contributed by atoms with Crippen molar-refractivity contribution in [1.29, 1.82) is 0 Å². The number of aromatic nitrogens is 2. The molecular formula is C12H13FN4O3. The maximum atomic E-state index is 13.3. The van der Waals surface area contributed by atoms with Crippen LogP contribution in [0.5, 0.6) is 0 Å². The smallest absolute Gasteiger partial charge is 0.273 e. The highest BCUT2D eigenvalue weighted by atomic mass is 19.1. The monoisotopic (exact) mass is 280 g/mol. The summed E-state index contributed by atoms with van der Waals surface area (Å²) in [5, 5.41) is 17.5. The zero-order chi connectivity index (χ0) is 14.7. The Balaban J connectivity index is 2.25. The molecule has 0 aliphatic heterocycles. The second-order valence-corrected chi connectivity index (χ2v) is 4.51. The highest BCUT2D eigenvalue weighted by Gasteiger charge is 2.15. The predicted octanol–water partition coefficient (Wildman–Crippen LogP) is 2.28. The van der Waals surface area contributed by atoms with E-state index >= 15 is 0 Å².